The number of fused-ring (bicyclic) bond motifs is 3. The van der Waals surface area contributed by atoms with Gasteiger partial charge in [-0.05, 0) is 38.8 Å². The Morgan fingerprint density at radius 1 is 0.941 bits per heavy atom. The minimum absolute atomic E-state index is 0.0331. The van der Waals surface area contributed by atoms with Gasteiger partial charge in [-0.1, -0.05) is 0 Å². The molecule has 0 saturated carbocycles. The van der Waals surface area contributed by atoms with E-state index >= 15 is 0 Å². The van der Waals surface area contributed by atoms with Crippen molar-refractivity contribution in [3.05, 3.63) is 47.4 Å². The Bertz CT molecular complexity index is 1580. The standard InChI is InChI=1S/C24H25N7O3/c1-13-7-17(8-14(2)33-13)31-22-21-19(6-5-18(27-21)15-9-25-29(3)11-15)34-23(22)20(28-24(31)32)16-10-26-30(4)12-16/h5-6,9-14,17H,7-8H2,1-4H3/t13-,14+,17?. The van der Waals surface area contributed by atoms with E-state index in [1.165, 1.54) is 0 Å². The van der Waals surface area contributed by atoms with Crippen LogP contribution in [0.3, 0.4) is 0 Å². The predicted molar refractivity (Wildman–Crippen MR) is 126 cm³/mol. The zero-order valence-corrected chi connectivity index (χ0v) is 19.5. The Balaban J connectivity index is 1.67. The van der Waals surface area contributed by atoms with Crippen molar-refractivity contribution in [2.24, 2.45) is 14.1 Å². The van der Waals surface area contributed by atoms with Gasteiger partial charge in [0.05, 0.1) is 30.3 Å². The van der Waals surface area contributed by atoms with E-state index in [0.29, 0.717) is 40.7 Å². The van der Waals surface area contributed by atoms with Crippen LogP contribution in [0.5, 0.6) is 0 Å². The molecule has 0 radical (unpaired) electrons. The van der Waals surface area contributed by atoms with E-state index in [0.717, 1.165) is 16.8 Å². The highest BCUT2D eigenvalue weighted by molar-refractivity contribution is 6.05. The van der Waals surface area contributed by atoms with Crippen molar-refractivity contribution in [2.75, 3.05) is 0 Å². The summed E-state index contributed by atoms with van der Waals surface area (Å²) in [6.45, 7) is 4.07. The van der Waals surface area contributed by atoms with Crippen molar-refractivity contribution in [3.8, 4) is 22.5 Å². The molecule has 0 spiro atoms. The molecule has 5 aromatic rings. The van der Waals surface area contributed by atoms with Gasteiger partial charge >= 0.3 is 5.69 Å². The second kappa shape index (κ2) is 7.63. The number of hydrogen-bond donors (Lipinski definition) is 0. The predicted octanol–water partition coefficient (Wildman–Crippen LogP) is 3.47. The Morgan fingerprint density at radius 2 is 1.62 bits per heavy atom. The summed E-state index contributed by atoms with van der Waals surface area (Å²) in [5.74, 6) is 0. The van der Waals surface area contributed by atoms with Crippen LogP contribution in [0, 0.1) is 0 Å². The topological polar surface area (TPSA) is 106 Å². The summed E-state index contributed by atoms with van der Waals surface area (Å²) in [5, 5.41) is 8.52. The molecule has 0 aliphatic carbocycles. The van der Waals surface area contributed by atoms with Crippen LogP contribution in [0.1, 0.15) is 32.7 Å². The molecule has 0 amide bonds. The third-order valence-corrected chi connectivity index (χ3v) is 6.40. The summed E-state index contributed by atoms with van der Waals surface area (Å²) in [5.41, 5.74) is 4.94. The van der Waals surface area contributed by atoms with Crippen LogP contribution >= 0.6 is 0 Å². The number of nitrogens with zero attached hydrogens (tertiary/aromatic N) is 7. The maximum Gasteiger partial charge on any atom is 0.349 e. The van der Waals surface area contributed by atoms with Gasteiger partial charge in [-0.3, -0.25) is 13.9 Å². The van der Waals surface area contributed by atoms with Crippen molar-refractivity contribution in [1.82, 2.24) is 34.1 Å². The fraction of sp³-hybridized carbons (Fsp3) is 0.375. The molecule has 3 atom stereocenters. The van der Waals surface area contributed by atoms with E-state index < -0.39 is 0 Å². The number of aryl methyl sites for hydroxylation is 2. The van der Waals surface area contributed by atoms with Gasteiger partial charge in [-0.25, -0.2) is 9.78 Å². The third-order valence-electron chi connectivity index (χ3n) is 6.40. The van der Waals surface area contributed by atoms with Crippen LogP contribution in [0.2, 0.25) is 0 Å². The van der Waals surface area contributed by atoms with E-state index in [2.05, 4.69) is 15.2 Å². The monoisotopic (exact) mass is 459 g/mol. The first-order valence-electron chi connectivity index (χ1n) is 11.4. The Labute approximate surface area is 194 Å². The summed E-state index contributed by atoms with van der Waals surface area (Å²) >= 11 is 0. The number of rotatable bonds is 3. The summed E-state index contributed by atoms with van der Waals surface area (Å²) in [4.78, 5) is 23.0. The third kappa shape index (κ3) is 3.33. The normalized spacial score (nSPS) is 21.0. The van der Waals surface area contributed by atoms with Gasteiger partial charge in [-0.2, -0.15) is 15.2 Å². The summed E-state index contributed by atoms with van der Waals surface area (Å²) in [7, 11) is 3.69. The zero-order valence-electron chi connectivity index (χ0n) is 19.5. The molecule has 10 heteroatoms. The molecule has 1 fully saturated rings. The quantitative estimate of drug-likeness (QED) is 0.407. The zero-order chi connectivity index (χ0) is 23.6. The molecule has 0 bridgehead atoms. The molecule has 6 rings (SSSR count). The first-order chi connectivity index (χ1) is 16.4. The second-order valence-electron chi connectivity index (χ2n) is 9.12. The van der Waals surface area contributed by atoms with Crippen LogP contribution in [0.25, 0.3) is 44.7 Å². The average molecular weight is 460 g/mol. The molecule has 10 nitrogen and oxygen atoms in total. The number of furan rings is 1. The minimum Gasteiger partial charge on any atom is -0.450 e. The summed E-state index contributed by atoms with van der Waals surface area (Å²) in [6.07, 6.45) is 8.68. The molecule has 174 valence electrons. The molecule has 0 aromatic carbocycles. The lowest BCUT2D eigenvalue weighted by Gasteiger charge is -2.33. The van der Waals surface area contributed by atoms with Gasteiger partial charge < -0.3 is 9.15 Å². The lowest BCUT2D eigenvalue weighted by molar-refractivity contribution is -0.0486. The summed E-state index contributed by atoms with van der Waals surface area (Å²) in [6, 6.07) is 3.72. The number of aromatic nitrogens is 7. The van der Waals surface area contributed by atoms with Crippen LogP contribution < -0.4 is 5.69 Å². The average Bonchev–Trinajstić information content (AvgIpc) is 3.50. The van der Waals surface area contributed by atoms with Crippen molar-refractivity contribution in [2.45, 2.75) is 44.9 Å². The first kappa shape index (κ1) is 20.8. The highest BCUT2D eigenvalue weighted by Crippen LogP contribution is 2.37. The first-order valence-corrected chi connectivity index (χ1v) is 11.4. The van der Waals surface area contributed by atoms with E-state index in [9.17, 15) is 4.79 Å². The van der Waals surface area contributed by atoms with E-state index in [4.69, 9.17) is 14.1 Å². The Kier molecular flexibility index (Phi) is 4.66. The lowest BCUT2D eigenvalue weighted by Crippen LogP contribution is -2.36. The Morgan fingerprint density at radius 3 is 2.26 bits per heavy atom. The highest BCUT2D eigenvalue weighted by atomic mass is 16.5. The van der Waals surface area contributed by atoms with Crippen LogP contribution in [-0.4, -0.2) is 46.3 Å². The molecular weight excluding hydrogens is 434 g/mol. The molecule has 0 N–H and O–H groups in total. The van der Waals surface area contributed by atoms with Gasteiger partial charge in [-0.15, -0.1) is 0 Å². The molecular formula is C24H25N7O3. The summed E-state index contributed by atoms with van der Waals surface area (Å²) < 4.78 is 17.4. The molecule has 1 unspecified atom stereocenters. The van der Waals surface area contributed by atoms with Gasteiger partial charge in [0.15, 0.2) is 11.2 Å². The second-order valence-corrected chi connectivity index (χ2v) is 9.12. The van der Waals surface area contributed by atoms with Gasteiger partial charge in [0, 0.05) is 43.7 Å². The maximum absolute atomic E-state index is 13.5. The molecule has 6 heterocycles. The lowest BCUT2D eigenvalue weighted by atomic mass is 9.99. The van der Waals surface area contributed by atoms with Crippen LogP contribution in [0.15, 0.2) is 46.1 Å². The number of hydrogen-bond acceptors (Lipinski definition) is 7. The highest BCUT2D eigenvalue weighted by Gasteiger charge is 2.31. The van der Waals surface area contributed by atoms with Gasteiger partial charge in [0.2, 0.25) is 0 Å². The fourth-order valence-electron chi connectivity index (χ4n) is 5.02. The molecule has 34 heavy (non-hydrogen) atoms. The van der Waals surface area contributed by atoms with Crippen molar-refractivity contribution in [1.29, 1.82) is 0 Å². The fourth-order valence-corrected chi connectivity index (χ4v) is 5.02. The van der Waals surface area contributed by atoms with Crippen molar-refractivity contribution < 1.29 is 9.15 Å². The van der Waals surface area contributed by atoms with Crippen LogP contribution in [0.4, 0.5) is 0 Å². The molecule has 1 aliphatic heterocycles. The Hall–Kier alpha value is -3.79. The van der Waals surface area contributed by atoms with Crippen molar-refractivity contribution in [3.63, 3.8) is 0 Å². The minimum atomic E-state index is -0.325. The molecule has 1 saturated heterocycles. The maximum atomic E-state index is 13.5. The SMILES string of the molecule is C[C@@H]1CC(n2c(=O)nc(-c3cnn(C)c3)c3oc4ccc(-c5cnn(C)c5)nc4c32)C[C@H](C)O1. The van der Waals surface area contributed by atoms with E-state index in [-0.39, 0.29) is 23.9 Å². The van der Waals surface area contributed by atoms with Crippen molar-refractivity contribution >= 4 is 22.2 Å². The van der Waals surface area contributed by atoms with Crippen LogP contribution in [-0.2, 0) is 18.8 Å². The molecule has 5 aromatic heterocycles. The van der Waals surface area contributed by atoms with Gasteiger partial charge in [0.25, 0.3) is 0 Å². The van der Waals surface area contributed by atoms with E-state index in [1.807, 2.05) is 52.5 Å². The number of ether oxygens (including phenoxy) is 1. The van der Waals surface area contributed by atoms with E-state index in [1.54, 1.807) is 26.3 Å². The van der Waals surface area contributed by atoms with Gasteiger partial charge in [0.1, 0.15) is 16.7 Å². The molecule has 1 aliphatic rings. The smallest absolute Gasteiger partial charge is 0.349 e. The number of pyridine rings is 1. The largest absolute Gasteiger partial charge is 0.450 e.